The Bertz CT molecular complexity index is 315. The van der Waals surface area contributed by atoms with Crippen LogP contribution in [0.1, 0.15) is 52.9 Å². The van der Waals surface area contributed by atoms with E-state index in [9.17, 15) is 4.79 Å². The molecular formula is C15H24O. The second kappa shape index (κ2) is 4.01. The summed E-state index contributed by atoms with van der Waals surface area (Å²) >= 11 is 0. The fourth-order valence-electron chi connectivity index (χ4n) is 3.63. The predicted molar refractivity (Wildman–Crippen MR) is 67.2 cm³/mol. The Balaban J connectivity index is 2.22. The molecule has 0 heterocycles. The summed E-state index contributed by atoms with van der Waals surface area (Å²) in [5.41, 5.74) is 1.27. The van der Waals surface area contributed by atoms with Crippen LogP contribution in [0.4, 0.5) is 0 Å². The van der Waals surface area contributed by atoms with Crippen molar-refractivity contribution in [3.63, 3.8) is 0 Å². The monoisotopic (exact) mass is 220 g/mol. The van der Waals surface area contributed by atoms with Crippen LogP contribution >= 0.6 is 0 Å². The lowest BCUT2D eigenvalue weighted by atomic mass is 9.55. The van der Waals surface area contributed by atoms with Crippen LogP contribution in [-0.2, 0) is 4.79 Å². The van der Waals surface area contributed by atoms with Crippen molar-refractivity contribution in [3.05, 3.63) is 12.2 Å². The molecule has 2 aliphatic carbocycles. The standard InChI is InChI=1S/C15H24O/c1-10(2)12-7-8-15(4)13(9-12)11(3)5-6-14(15)16/h10,12-13H,3,5-9H2,1-2,4H3/t12-,13+,15-/m1/s1. The maximum Gasteiger partial charge on any atom is 0.139 e. The first-order valence-corrected chi connectivity index (χ1v) is 6.66. The van der Waals surface area contributed by atoms with E-state index in [0.717, 1.165) is 31.1 Å². The van der Waals surface area contributed by atoms with Crippen LogP contribution in [0, 0.1) is 23.2 Å². The molecule has 0 radical (unpaired) electrons. The van der Waals surface area contributed by atoms with Gasteiger partial charge in [0.25, 0.3) is 0 Å². The van der Waals surface area contributed by atoms with Gasteiger partial charge in [0.2, 0.25) is 0 Å². The highest BCUT2D eigenvalue weighted by Crippen LogP contribution is 2.52. The summed E-state index contributed by atoms with van der Waals surface area (Å²) in [5, 5.41) is 0. The van der Waals surface area contributed by atoms with Gasteiger partial charge in [0.1, 0.15) is 5.78 Å². The van der Waals surface area contributed by atoms with Crippen LogP contribution in [0.2, 0.25) is 0 Å². The maximum absolute atomic E-state index is 12.1. The van der Waals surface area contributed by atoms with Crippen LogP contribution in [0.5, 0.6) is 0 Å². The lowest BCUT2D eigenvalue weighted by Gasteiger charge is -2.48. The zero-order chi connectivity index (χ0) is 11.9. The third-order valence-corrected chi connectivity index (χ3v) is 5.09. The van der Waals surface area contributed by atoms with E-state index in [1.54, 1.807) is 0 Å². The summed E-state index contributed by atoms with van der Waals surface area (Å²) < 4.78 is 0. The average Bonchev–Trinajstić information content (AvgIpc) is 2.24. The zero-order valence-electron chi connectivity index (χ0n) is 10.9. The molecule has 0 N–H and O–H groups in total. The van der Waals surface area contributed by atoms with Gasteiger partial charge in [-0.2, -0.15) is 0 Å². The number of ketones is 1. The van der Waals surface area contributed by atoms with Crippen LogP contribution < -0.4 is 0 Å². The summed E-state index contributed by atoms with van der Waals surface area (Å²) in [7, 11) is 0. The van der Waals surface area contributed by atoms with Gasteiger partial charge >= 0.3 is 0 Å². The van der Waals surface area contributed by atoms with Crippen LogP contribution in [0.25, 0.3) is 0 Å². The van der Waals surface area contributed by atoms with Crippen molar-refractivity contribution in [2.45, 2.75) is 52.9 Å². The minimum atomic E-state index is -0.0687. The number of Topliss-reactive ketones (excluding diaryl/α,β-unsaturated/α-hetero) is 1. The van der Waals surface area contributed by atoms with Crippen molar-refractivity contribution in [2.75, 3.05) is 0 Å². The molecule has 0 spiro atoms. The van der Waals surface area contributed by atoms with Crippen molar-refractivity contribution in [1.82, 2.24) is 0 Å². The van der Waals surface area contributed by atoms with Gasteiger partial charge in [-0.1, -0.05) is 32.9 Å². The van der Waals surface area contributed by atoms with Gasteiger partial charge in [0.05, 0.1) is 0 Å². The maximum atomic E-state index is 12.1. The number of fused-ring (bicyclic) bond motifs is 1. The second-order valence-electron chi connectivity index (χ2n) is 6.33. The van der Waals surface area contributed by atoms with E-state index in [4.69, 9.17) is 0 Å². The van der Waals surface area contributed by atoms with Gasteiger partial charge in [-0.05, 0) is 43.4 Å². The highest BCUT2D eigenvalue weighted by molar-refractivity contribution is 5.86. The van der Waals surface area contributed by atoms with Gasteiger partial charge < -0.3 is 0 Å². The molecule has 90 valence electrons. The summed E-state index contributed by atoms with van der Waals surface area (Å²) in [5.74, 6) is 2.50. The minimum Gasteiger partial charge on any atom is -0.299 e. The smallest absolute Gasteiger partial charge is 0.139 e. The van der Waals surface area contributed by atoms with E-state index in [-0.39, 0.29) is 5.41 Å². The number of allylic oxidation sites excluding steroid dienone is 1. The van der Waals surface area contributed by atoms with Crippen molar-refractivity contribution < 1.29 is 4.79 Å². The van der Waals surface area contributed by atoms with Gasteiger partial charge in [-0.15, -0.1) is 0 Å². The van der Waals surface area contributed by atoms with Crippen molar-refractivity contribution >= 4 is 5.78 Å². The lowest BCUT2D eigenvalue weighted by Crippen LogP contribution is -2.45. The molecule has 2 aliphatic rings. The number of hydrogen-bond acceptors (Lipinski definition) is 1. The number of rotatable bonds is 1. The molecule has 0 aliphatic heterocycles. The molecule has 0 saturated heterocycles. The Hall–Kier alpha value is -0.590. The second-order valence-corrected chi connectivity index (χ2v) is 6.33. The first kappa shape index (κ1) is 11.9. The van der Waals surface area contributed by atoms with Crippen LogP contribution in [-0.4, -0.2) is 5.78 Å². The van der Waals surface area contributed by atoms with Crippen molar-refractivity contribution in [2.24, 2.45) is 23.2 Å². The van der Waals surface area contributed by atoms with E-state index in [2.05, 4.69) is 27.4 Å². The molecule has 0 unspecified atom stereocenters. The Morgan fingerprint density at radius 3 is 2.69 bits per heavy atom. The Morgan fingerprint density at radius 1 is 1.38 bits per heavy atom. The molecule has 1 nitrogen and oxygen atoms in total. The van der Waals surface area contributed by atoms with Gasteiger partial charge in [0.15, 0.2) is 0 Å². The van der Waals surface area contributed by atoms with E-state index >= 15 is 0 Å². The highest BCUT2D eigenvalue weighted by atomic mass is 16.1. The molecule has 2 fully saturated rings. The molecular weight excluding hydrogens is 196 g/mol. The predicted octanol–water partition coefficient (Wildman–Crippen LogP) is 3.98. The quantitative estimate of drug-likeness (QED) is 0.611. The lowest BCUT2D eigenvalue weighted by molar-refractivity contribution is -0.135. The van der Waals surface area contributed by atoms with Gasteiger partial charge in [-0.3, -0.25) is 4.79 Å². The first-order valence-electron chi connectivity index (χ1n) is 6.66. The minimum absolute atomic E-state index is 0.0687. The SMILES string of the molecule is C=C1CCC(=O)[C@]2(C)CC[C@@H](C(C)C)C[C@@H]12. The van der Waals surface area contributed by atoms with E-state index < -0.39 is 0 Å². The fourth-order valence-corrected chi connectivity index (χ4v) is 3.63. The molecule has 2 saturated carbocycles. The largest absolute Gasteiger partial charge is 0.299 e. The molecule has 3 atom stereocenters. The molecule has 0 aromatic heterocycles. The number of hydrogen-bond donors (Lipinski definition) is 0. The van der Waals surface area contributed by atoms with E-state index in [0.29, 0.717) is 11.7 Å². The van der Waals surface area contributed by atoms with E-state index in [1.165, 1.54) is 18.4 Å². The average molecular weight is 220 g/mol. The third-order valence-electron chi connectivity index (χ3n) is 5.09. The summed E-state index contributed by atoms with van der Waals surface area (Å²) in [6.45, 7) is 11.0. The van der Waals surface area contributed by atoms with Gasteiger partial charge in [-0.25, -0.2) is 0 Å². The molecule has 0 aromatic rings. The van der Waals surface area contributed by atoms with Crippen LogP contribution in [0.15, 0.2) is 12.2 Å². The molecule has 1 heteroatoms. The number of carbonyl (C=O) groups excluding carboxylic acids is 1. The van der Waals surface area contributed by atoms with Crippen LogP contribution in [0.3, 0.4) is 0 Å². The molecule has 0 aromatic carbocycles. The first-order chi connectivity index (χ1) is 7.45. The Labute approximate surface area is 99.3 Å². The van der Waals surface area contributed by atoms with Crippen molar-refractivity contribution in [1.29, 1.82) is 0 Å². The summed E-state index contributed by atoms with van der Waals surface area (Å²) in [6.07, 6.45) is 5.17. The Kier molecular flexibility index (Phi) is 2.98. The zero-order valence-corrected chi connectivity index (χ0v) is 10.9. The van der Waals surface area contributed by atoms with E-state index in [1.807, 2.05) is 0 Å². The van der Waals surface area contributed by atoms with Gasteiger partial charge in [0, 0.05) is 11.8 Å². The molecule has 16 heavy (non-hydrogen) atoms. The normalized spacial score (nSPS) is 40.0. The molecule has 0 amide bonds. The van der Waals surface area contributed by atoms with Crippen molar-refractivity contribution in [3.8, 4) is 0 Å². The summed E-state index contributed by atoms with van der Waals surface area (Å²) in [6, 6.07) is 0. The molecule has 0 bridgehead atoms. The fraction of sp³-hybridized carbons (Fsp3) is 0.800. The Morgan fingerprint density at radius 2 is 2.06 bits per heavy atom. The molecule has 2 rings (SSSR count). The number of carbonyl (C=O) groups is 1. The summed E-state index contributed by atoms with van der Waals surface area (Å²) in [4.78, 5) is 12.1. The topological polar surface area (TPSA) is 17.1 Å². The highest BCUT2D eigenvalue weighted by Gasteiger charge is 2.48. The third kappa shape index (κ3) is 1.74.